The molecule has 1 aromatic heterocycles. The molecule has 3 aliphatic carbocycles. The lowest BCUT2D eigenvalue weighted by molar-refractivity contribution is -0.210. The fourth-order valence-corrected chi connectivity index (χ4v) is 9.99. The van der Waals surface area contributed by atoms with E-state index in [1.54, 1.807) is 6.92 Å². The highest BCUT2D eigenvalue weighted by Crippen LogP contribution is 2.74. The third kappa shape index (κ3) is 6.88. The summed E-state index contributed by atoms with van der Waals surface area (Å²) in [5, 5.41) is 80.8. The second kappa shape index (κ2) is 16.5. The van der Waals surface area contributed by atoms with Gasteiger partial charge in [0.05, 0.1) is 23.7 Å². The van der Waals surface area contributed by atoms with E-state index in [1.165, 1.54) is 67.6 Å². The van der Waals surface area contributed by atoms with Crippen molar-refractivity contribution in [3.05, 3.63) is 117 Å². The quantitative estimate of drug-likeness (QED) is 0.0503. The van der Waals surface area contributed by atoms with Gasteiger partial charge >= 0.3 is 17.6 Å². The number of aliphatic hydroxyl groups is 4. The minimum Gasteiger partial charge on any atom is -0.507 e. The van der Waals surface area contributed by atoms with Crippen molar-refractivity contribution < 1.29 is 83.1 Å². The average Bonchev–Trinajstić information content (AvgIpc) is 3.98. The highest BCUT2D eigenvalue weighted by Gasteiger charge is 2.96. The molecular formula is C46H42ClNO18. The van der Waals surface area contributed by atoms with E-state index in [2.05, 4.69) is 5.32 Å². The fourth-order valence-electron chi connectivity index (χ4n) is 9.78. The maximum absolute atomic E-state index is 14.4. The number of ketones is 2. The first-order valence-electron chi connectivity index (χ1n) is 20.5. The highest BCUT2D eigenvalue weighted by atomic mass is 35.5. The molecule has 3 heterocycles. The van der Waals surface area contributed by atoms with Gasteiger partial charge in [-0.2, -0.15) is 0 Å². The molecule has 3 fully saturated rings. The summed E-state index contributed by atoms with van der Waals surface area (Å²) in [6.45, 7) is 4.23. The molecule has 1 amide bonds. The first-order valence-corrected chi connectivity index (χ1v) is 20.8. The van der Waals surface area contributed by atoms with Crippen LogP contribution in [0, 0.1) is 0 Å². The lowest BCUT2D eigenvalue weighted by Crippen LogP contribution is -2.78. The van der Waals surface area contributed by atoms with Crippen molar-refractivity contribution in [2.24, 2.45) is 0 Å². The Morgan fingerprint density at radius 2 is 1.61 bits per heavy atom. The van der Waals surface area contributed by atoms with Crippen molar-refractivity contribution in [2.45, 2.75) is 99.1 Å². The molecule has 0 unspecified atom stereocenters. The number of phenols is 2. The number of esters is 2. The van der Waals surface area contributed by atoms with Crippen LogP contribution in [0.1, 0.15) is 73.7 Å². The van der Waals surface area contributed by atoms with Crippen LogP contribution >= 0.6 is 11.6 Å². The number of hydrogen-bond acceptors (Lipinski definition) is 18. The molecule has 3 aromatic rings. The molecule has 8 rings (SSSR count). The molecule has 2 aliphatic heterocycles. The molecule has 2 aromatic carbocycles. The van der Waals surface area contributed by atoms with E-state index in [1.807, 2.05) is 0 Å². The van der Waals surface area contributed by atoms with E-state index in [0.29, 0.717) is 5.57 Å². The van der Waals surface area contributed by atoms with Gasteiger partial charge in [0.2, 0.25) is 17.3 Å². The maximum atomic E-state index is 14.4. The first-order chi connectivity index (χ1) is 31.1. The van der Waals surface area contributed by atoms with Crippen LogP contribution in [0.4, 0.5) is 5.69 Å². The number of amides is 1. The molecule has 0 spiro atoms. The number of halogens is 1. The number of aliphatic hydroxyl groups excluding tert-OH is 2. The largest absolute Gasteiger partial charge is 0.507 e. The molecule has 0 bridgehead atoms. The molecule has 8 N–H and O–H groups in total. The molecule has 10 atom stereocenters. The van der Waals surface area contributed by atoms with Crippen LogP contribution in [0.15, 0.2) is 93.7 Å². The Kier molecular flexibility index (Phi) is 11.5. The topological polar surface area (TPSA) is 309 Å². The van der Waals surface area contributed by atoms with Crippen molar-refractivity contribution in [3.63, 3.8) is 0 Å². The fraction of sp³-hybridized carbons (Fsp3) is 0.348. The van der Waals surface area contributed by atoms with Gasteiger partial charge in [0.1, 0.15) is 34.3 Å². The summed E-state index contributed by atoms with van der Waals surface area (Å²) < 4.78 is 28.2. The number of carbonyl (C=O) groups excluding carboxylic acids is 5. The second-order valence-corrected chi connectivity index (χ2v) is 17.1. The summed E-state index contributed by atoms with van der Waals surface area (Å²) in [6.07, 6.45) is 2.51. The Labute approximate surface area is 378 Å². The zero-order valence-corrected chi connectivity index (χ0v) is 35.8. The van der Waals surface area contributed by atoms with E-state index in [0.717, 1.165) is 25.2 Å². The van der Waals surface area contributed by atoms with Crippen LogP contribution in [-0.4, -0.2) is 112 Å². The Morgan fingerprint density at radius 3 is 2.30 bits per heavy atom. The molecule has 1 saturated carbocycles. The number of aromatic hydroxyl groups is 3. The van der Waals surface area contributed by atoms with E-state index >= 15 is 0 Å². The van der Waals surface area contributed by atoms with Crippen LogP contribution in [0.3, 0.4) is 0 Å². The van der Waals surface area contributed by atoms with E-state index in [-0.39, 0.29) is 51.3 Å². The molecule has 346 valence electrons. The van der Waals surface area contributed by atoms with Gasteiger partial charge in [0, 0.05) is 55.0 Å². The predicted octanol–water partition coefficient (Wildman–Crippen LogP) is 3.00. The van der Waals surface area contributed by atoms with Gasteiger partial charge in [-0.1, -0.05) is 65.8 Å². The smallest absolute Gasteiger partial charge is 0.364 e. The van der Waals surface area contributed by atoms with Gasteiger partial charge in [-0.3, -0.25) is 19.2 Å². The molecule has 66 heavy (non-hydrogen) atoms. The van der Waals surface area contributed by atoms with Crippen LogP contribution in [0.2, 0.25) is 5.02 Å². The molecule has 20 heteroatoms. The van der Waals surface area contributed by atoms with Gasteiger partial charge in [0.25, 0.3) is 0 Å². The Morgan fingerprint density at radius 1 is 0.924 bits per heavy atom. The van der Waals surface area contributed by atoms with Gasteiger partial charge in [0.15, 0.2) is 40.1 Å². The minimum absolute atomic E-state index is 0.00805. The third-order valence-electron chi connectivity index (χ3n) is 12.7. The van der Waals surface area contributed by atoms with Gasteiger partial charge in [-0.25, -0.2) is 9.59 Å². The number of ether oxygens (including phenoxy) is 4. The van der Waals surface area contributed by atoms with Crippen LogP contribution in [0.5, 0.6) is 17.2 Å². The van der Waals surface area contributed by atoms with Crippen molar-refractivity contribution in [2.75, 3.05) is 5.32 Å². The molecule has 19 nitrogen and oxygen atoms in total. The average molecular weight is 932 g/mol. The summed E-state index contributed by atoms with van der Waals surface area (Å²) in [5.74, 6) is -6.08. The van der Waals surface area contributed by atoms with Crippen molar-refractivity contribution in [3.8, 4) is 17.2 Å². The zero-order valence-electron chi connectivity index (χ0n) is 35.1. The standard InChI is InChI=1S/C46H42ClNO18/c1-20-16-29(51)45(61)43(60,18-20)19-30(52)44-41(58)33-24(40(57)46(44,45)66-44)13-12-23(36(33)55)27-17-28(38(21(2)62-27)63-22(3)49)64-32(54)11-9-7-5-4-6-8-10-31(53)48-35-37(56)25-14-15-26(50)34(47)39(25)65-42(35)59/h4-16,21,27-28,30,38,41,50,52,55-56,58,60-61H,17-19H2,1-3H3,(H,48,53)/b6-4+,7-5+,10-8+,11-9+/t21-,27-,28-,30+,38-,41+,43-,44+,45-,46-/m1/s1. The van der Waals surface area contributed by atoms with Gasteiger partial charge in [-0.15, -0.1) is 0 Å². The molecular weight excluding hydrogens is 890 g/mol. The number of benzene rings is 2. The summed E-state index contributed by atoms with van der Waals surface area (Å²) in [6, 6.07) is 4.95. The number of nitrogens with one attached hydrogen (secondary N) is 1. The third-order valence-corrected chi connectivity index (χ3v) is 13.0. The molecule has 0 radical (unpaired) electrons. The Hall–Kier alpha value is -6.45. The van der Waals surface area contributed by atoms with E-state index < -0.39 is 118 Å². The summed E-state index contributed by atoms with van der Waals surface area (Å²) >= 11 is 5.94. The lowest BCUT2D eigenvalue weighted by Gasteiger charge is -2.54. The summed E-state index contributed by atoms with van der Waals surface area (Å²) in [4.78, 5) is 77.7. The van der Waals surface area contributed by atoms with Crippen molar-refractivity contribution in [1.82, 2.24) is 0 Å². The molecule has 5 aliphatic rings. The summed E-state index contributed by atoms with van der Waals surface area (Å²) in [5.41, 5.74) is -12.3. The van der Waals surface area contributed by atoms with Gasteiger partial charge < -0.3 is 64.4 Å². The SMILES string of the molecule is CC(=O)O[C@@H]1[C@@H](C)O[C@@H](c2ccc3c(c2O)[C@H](O)[C@]24O[C@@]2(C3=O)[C@@]2(O)C(=O)C=C(C)C[C@@]2(O)C[C@@H]4O)C[C@H]1OC(=O)/C=C/C=C/C=C/C=C/C(=O)Nc1c(O)c2ccc(O)c(Cl)c2oc1=O. The predicted molar refractivity (Wildman–Crippen MR) is 227 cm³/mol. The Balaban J connectivity index is 0.943. The van der Waals surface area contributed by atoms with Crippen LogP contribution in [0.25, 0.3) is 11.0 Å². The first kappa shape index (κ1) is 46.1. The number of anilines is 1. The Bertz CT molecular complexity index is 2840. The highest BCUT2D eigenvalue weighted by molar-refractivity contribution is 6.36. The number of fused-ring (bicyclic) bond motifs is 3. The lowest BCUT2D eigenvalue weighted by atomic mass is 9.50. The zero-order chi connectivity index (χ0) is 47.8. The van der Waals surface area contributed by atoms with Gasteiger partial charge in [-0.05, 0) is 32.1 Å². The molecule has 2 saturated heterocycles. The monoisotopic (exact) mass is 931 g/mol. The number of Topliss-reactive ketones (excluding diaryl/α,β-unsaturated/α-hetero) is 1. The number of allylic oxidation sites excluding steroid dienone is 6. The van der Waals surface area contributed by atoms with E-state index in [9.17, 15) is 64.5 Å². The second-order valence-electron chi connectivity index (χ2n) is 16.7. The summed E-state index contributed by atoms with van der Waals surface area (Å²) in [7, 11) is 0. The van der Waals surface area contributed by atoms with Crippen molar-refractivity contribution in [1.29, 1.82) is 0 Å². The number of epoxide rings is 1. The minimum atomic E-state index is -2.88. The maximum Gasteiger partial charge on any atom is 0.364 e. The van der Waals surface area contributed by atoms with Crippen molar-refractivity contribution >= 4 is 57.7 Å². The number of rotatable bonds is 9. The number of hydrogen-bond donors (Lipinski definition) is 8. The van der Waals surface area contributed by atoms with E-state index in [4.69, 9.17) is 35.0 Å². The number of phenolic OH excluding ortho intramolecular Hbond substituents is 2. The van der Waals surface area contributed by atoms with Crippen LogP contribution in [-0.2, 0) is 38.1 Å². The van der Waals surface area contributed by atoms with Crippen LogP contribution < -0.4 is 10.9 Å². The normalized spacial score (nSPS) is 32.5. The number of carbonyl (C=O) groups is 5.